The van der Waals surface area contributed by atoms with Crippen molar-refractivity contribution in [2.45, 2.75) is 12.5 Å². The van der Waals surface area contributed by atoms with Crippen LogP contribution in [0.25, 0.3) is 0 Å². The minimum Gasteiger partial charge on any atom is -0.271 e. The van der Waals surface area contributed by atoms with Crippen LogP contribution in [0.15, 0.2) is 0 Å². The second kappa shape index (κ2) is 0.954. The maximum Gasteiger partial charge on any atom is 0.0245 e. The summed E-state index contributed by atoms with van der Waals surface area (Å²) in [6.07, 6.45) is 3.26. The van der Waals surface area contributed by atoms with Crippen molar-refractivity contribution in [1.29, 1.82) is 0 Å². The highest BCUT2D eigenvalue weighted by molar-refractivity contribution is 5.00. The molecule has 0 aromatic carbocycles. The lowest BCUT2D eigenvalue weighted by molar-refractivity contribution is 0.751. The summed E-state index contributed by atoms with van der Waals surface area (Å²) in [5, 5.41) is 0. The highest BCUT2D eigenvalue weighted by atomic mass is 15.2. The SMILES string of the molecule is NNC1[CH]C1. The fourth-order valence-corrected chi connectivity index (χ4v) is 0.204. The topological polar surface area (TPSA) is 38.0 Å². The van der Waals surface area contributed by atoms with Crippen LogP contribution in [0.3, 0.4) is 0 Å². The van der Waals surface area contributed by atoms with E-state index in [-0.39, 0.29) is 0 Å². The standard InChI is InChI=1S/C3H7N2/c4-5-3-1-2-3/h1,3,5H,2,4H2. The van der Waals surface area contributed by atoms with E-state index in [1.54, 1.807) is 0 Å². The number of nitrogens with one attached hydrogen (secondary N) is 1. The van der Waals surface area contributed by atoms with Gasteiger partial charge in [0.1, 0.15) is 0 Å². The number of hydrogen-bond donors (Lipinski definition) is 2. The molecule has 0 saturated heterocycles. The van der Waals surface area contributed by atoms with E-state index in [1.807, 2.05) is 0 Å². The zero-order valence-corrected chi connectivity index (χ0v) is 2.94. The Morgan fingerprint density at radius 3 is 2.60 bits per heavy atom. The molecule has 0 amide bonds. The third kappa shape index (κ3) is 0.597. The molecule has 1 saturated carbocycles. The molecule has 2 heteroatoms. The van der Waals surface area contributed by atoms with Crippen LogP contribution in [-0.4, -0.2) is 6.04 Å². The number of rotatable bonds is 1. The van der Waals surface area contributed by atoms with E-state index >= 15 is 0 Å². The Hall–Kier alpha value is -0.0800. The molecule has 0 heterocycles. The van der Waals surface area contributed by atoms with Crippen molar-refractivity contribution < 1.29 is 0 Å². The molecule has 0 aliphatic heterocycles. The smallest absolute Gasteiger partial charge is 0.0245 e. The van der Waals surface area contributed by atoms with Crippen LogP contribution in [0, 0.1) is 6.42 Å². The van der Waals surface area contributed by atoms with Gasteiger partial charge in [0.15, 0.2) is 0 Å². The molecule has 1 radical (unpaired) electrons. The molecule has 1 fully saturated rings. The van der Waals surface area contributed by atoms with Gasteiger partial charge in [0.05, 0.1) is 0 Å². The van der Waals surface area contributed by atoms with Crippen LogP contribution in [0.2, 0.25) is 0 Å². The molecule has 2 nitrogen and oxygen atoms in total. The van der Waals surface area contributed by atoms with Gasteiger partial charge in [-0.05, 0) is 12.8 Å². The van der Waals surface area contributed by atoms with Crippen molar-refractivity contribution in [3.63, 3.8) is 0 Å². The Labute approximate surface area is 31.3 Å². The molecule has 0 aromatic heterocycles. The van der Waals surface area contributed by atoms with Crippen LogP contribution in [-0.2, 0) is 0 Å². The predicted molar refractivity (Wildman–Crippen MR) is 20.0 cm³/mol. The lowest BCUT2D eigenvalue weighted by Gasteiger charge is -1.81. The molecule has 5 heavy (non-hydrogen) atoms. The Morgan fingerprint density at radius 1 is 2.00 bits per heavy atom. The second-order valence-electron chi connectivity index (χ2n) is 1.24. The van der Waals surface area contributed by atoms with Crippen LogP contribution < -0.4 is 11.3 Å². The van der Waals surface area contributed by atoms with Gasteiger partial charge >= 0.3 is 0 Å². The van der Waals surface area contributed by atoms with E-state index in [4.69, 9.17) is 5.84 Å². The van der Waals surface area contributed by atoms with Gasteiger partial charge in [0.25, 0.3) is 0 Å². The van der Waals surface area contributed by atoms with Gasteiger partial charge in [-0.15, -0.1) is 0 Å². The molecule has 1 unspecified atom stereocenters. The molecule has 29 valence electrons. The van der Waals surface area contributed by atoms with Crippen LogP contribution in [0.1, 0.15) is 6.42 Å². The van der Waals surface area contributed by atoms with E-state index in [2.05, 4.69) is 11.8 Å². The maximum absolute atomic E-state index is 4.95. The summed E-state index contributed by atoms with van der Waals surface area (Å²) in [5.74, 6) is 4.95. The molecule has 3 N–H and O–H groups in total. The number of nitrogens with two attached hydrogens (primary N) is 1. The van der Waals surface area contributed by atoms with Gasteiger partial charge in [-0.25, -0.2) is 0 Å². The minimum atomic E-state index is 0.537. The minimum absolute atomic E-state index is 0.537. The normalized spacial score (nSPS) is 23.4. The first kappa shape index (κ1) is 3.12. The van der Waals surface area contributed by atoms with Gasteiger partial charge in [-0.3, -0.25) is 11.3 Å². The van der Waals surface area contributed by atoms with Crippen molar-refractivity contribution in [1.82, 2.24) is 5.43 Å². The van der Waals surface area contributed by atoms with Crippen molar-refractivity contribution >= 4 is 0 Å². The first-order valence-corrected chi connectivity index (χ1v) is 1.73. The lowest BCUT2D eigenvalue weighted by Crippen LogP contribution is -2.23. The third-order valence-electron chi connectivity index (χ3n) is 0.685. The molecule has 1 atom stereocenters. The molecule has 1 aliphatic carbocycles. The van der Waals surface area contributed by atoms with E-state index < -0.39 is 0 Å². The van der Waals surface area contributed by atoms with E-state index in [1.165, 1.54) is 0 Å². The van der Waals surface area contributed by atoms with Crippen LogP contribution in [0.4, 0.5) is 0 Å². The summed E-state index contributed by atoms with van der Waals surface area (Å²) in [4.78, 5) is 0. The summed E-state index contributed by atoms with van der Waals surface area (Å²) < 4.78 is 0. The van der Waals surface area contributed by atoms with E-state index in [9.17, 15) is 0 Å². The van der Waals surface area contributed by atoms with Crippen LogP contribution in [0.5, 0.6) is 0 Å². The predicted octanol–water partition coefficient (Wildman–Crippen LogP) is -0.574. The average Bonchev–Trinajstić information content (AvgIpc) is 2.12. The summed E-state index contributed by atoms with van der Waals surface area (Å²) in [5.41, 5.74) is 2.58. The maximum atomic E-state index is 4.95. The van der Waals surface area contributed by atoms with E-state index in [0.29, 0.717) is 6.04 Å². The molecule has 0 spiro atoms. The number of hydrogen-bond acceptors (Lipinski definition) is 2. The zero-order chi connectivity index (χ0) is 3.70. The summed E-state index contributed by atoms with van der Waals surface area (Å²) in [6.45, 7) is 0. The Balaban J connectivity index is 2.00. The van der Waals surface area contributed by atoms with Crippen molar-refractivity contribution in [2.24, 2.45) is 5.84 Å². The zero-order valence-electron chi connectivity index (χ0n) is 2.94. The van der Waals surface area contributed by atoms with Crippen molar-refractivity contribution in [3.8, 4) is 0 Å². The molecule has 0 bridgehead atoms. The first-order valence-electron chi connectivity index (χ1n) is 1.73. The van der Waals surface area contributed by atoms with Gasteiger partial charge in [-0.1, -0.05) is 0 Å². The van der Waals surface area contributed by atoms with Gasteiger partial charge in [0, 0.05) is 6.04 Å². The monoisotopic (exact) mass is 71.1 g/mol. The Morgan fingerprint density at radius 2 is 2.60 bits per heavy atom. The fourth-order valence-electron chi connectivity index (χ4n) is 0.204. The lowest BCUT2D eigenvalue weighted by atomic mass is 10.8. The summed E-state index contributed by atoms with van der Waals surface area (Å²) >= 11 is 0. The van der Waals surface area contributed by atoms with E-state index in [0.717, 1.165) is 6.42 Å². The summed E-state index contributed by atoms with van der Waals surface area (Å²) in [6, 6.07) is 0.537. The first-order chi connectivity index (χ1) is 2.43. The summed E-state index contributed by atoms with van der Waals surface area (Å²) in [7, 11) is 0. The van der Waals surface area contributed by atoms with Gasteiger partial charge in [0.2, 0.25) is 0 Å². The largest absolute Gasteiger partial charge is 0.271 e. The Kier molecular flexibility index (Phi) is 0.596. The molecule has 1 aliphatic rings. The average molecular weight is 71.1 g/mol. The molecule has 0 aromatic rings. The molecular formula is C3H7N2. The van der Waals surface area contributed by atoms with Crippen LogP contribution >= 0.6 is 0 Å². The number of hydrazine groups is 1. The van der Waals surface area contributed by atoms with Crippen molar-refractivity contribution in [3.05, 3.63) is 6.42 Å². The molecular weight excluding hydrogens is 64.0 g/mol. The quantitative estimate of drug-likeness (QED) is 0.321. The third-order valence-corrected chi connectivity index (χ3v) is 0.685. The highest BCUT2D eigenvalue weighted by Gasteiger charge is 2.18. The van der Waals surface area contributed by atoms with Gasteiger partial charge in [-0.2, -0.15) is 0 Å². The van der Waals surface area contributed by atoms with Crippen molar-refractivity contribution in [2.75, 3.05) is 0 Å². The second-order valence-corrected chi connectivity index (χ2v) is 1.24. The molecule has 1 rings (SSSR count). The van der Waals surface area contributed by atoms with Gasteiger partial charge < -0.3 is 0 Å². The Bertz CT molecular complexity index is 31.9. The highest BCUT2D eigenvalue weighted by Crippen LogP contribution is 2.14. The fraction of sp³-hybridized carbons (Fsp3) is 0.667.